The molecule has 0 atom stereocenters. The molecule has 28 heavy (non-hydrogen) atoms. The van der Waals surface area contributed by atoms with E-state index in [1.165, 1.54) is 30.3 Å². The molecule has 0 saturated carbocycles. The molecule has 0 bridgehead atoms. The van der Waals surface area contributed by atoms with E-state index >= 15 is 0 Å². The molecule has 0 fully saturated rings. The average Bonchev–Trinajstić information content (AvgIpc) is 2.59. The van der Waals surface area contributed by atoms with E-state index in [-0.39, 0.29) is 39.8 Å². The van der Waals surface area contributed by atoms with Crippen LogP contribution in [0.25, 0.3) is 0 Å². The number of hydrogen-bond acceptors (Lipinski definition) is 6. The highest BCUT2D eigenvalue weighted by Crippen LogP contribution is 2.30. The van der Waals surface area contributed by atoms with Gasteiger partial charge in [-0.25, -0.2) is 5.01 Å². The highest BCUT2D eigenvalue weighted by molar-refractivity contribution is 7.87. The third-order valence-corrected chi connectivity index (χ3v) is 5.38. The number of ether oxygens (including phenoxy) is 1. The predicted molar refractivity (Wildman–Crippen MR) is 109 cm³/mol. The first-order chi connectivity index (χ1) is 13.1. The van der Waals surface area contributed by atoms with Crippen molar-refractivity contribution < 1.29 is 17.3 Å². The summed E-state index contributed by atoms with van der Waals surface area (Å²) >= 11 is 11.8. The molecular formula is C17H18Cl2N4O4S. The van der Waals surface area contributed by atoms with Gasteiger partial charge in [-0.15, -0.1) is 0 Å². The van der Waals surface area contributed by atoms with Crippen molar-refractivity contribution in [2.45, 2.75) is 11.8 Å². The average molecular weight is 445 g/mol. The van der Waals surface area contributed by atoms with Crippen molar-refractivity contribution in [1.29, 1.82) is 5.41 Å². The van der Waals surface area contributed by atoms with Crippen LogP contribution in [0.2, 0.25) is 10.0 Å². The first-order valence-corrected chi connectivity index (χ1v) is 10.0. The van der Waals surface area contributed by atoms with E-state index in [1.807, 2.05) is 0 Å². The highest BCUT2D eigenvalue weighted by Gasteiger charge is 2.21. The number of benzene rings is 2. The molecule has 2 aromatic rings. The van der Waals surface area contributed by atoms with Gasteiger partial charge < -0.3 is 14.7 Å². The number of hydrazone groups is 1. The molecule has 11 heteroatoms. The van der Waals surface area contributed by atoms with Crippen LogP contribution in [0, 0.1) is 12.3 Å². The zero-order valence-corrected chi connectivity index (χ0v) is 17.2. The number of nitrogens with zero attached hydrogens (tertiary/aromatic N) is 2. The second-order valence-electron chi connectivity index (χ2n) is 5.59. The molecule has 0 aromatic heterocycles. The minimum absolute atomic E-state index is 0.00484. The van der Waals surface area contributed by atoms with Crippen molar-refractivity contribution in [2.24, 2.45) is 10.8 Å². The van der Waals surface area contributed by atoms with Crippen LogP contribution in [0.1, 0.15) is 5.56 Å². The van der Waals surface area contributed by atoms with Crippen molar-refractivity contribution in [3.05, 3.63) is 52.0 Å². The lowest BCUT2D eigenvalue weighted by molar-refractivity contribution is 0.271. The Balaban J connectivity index is 2.17. The van der Waals surface area contributed by atoms with Crippen LogP contribution in [0.15, 0.2) is 46.4 Å². The first-order valence-electron chi connectivity index (χ1n) is 7.84. The van der Waals surface area contributed by atoms with E-state index in [0.717, 1.165) is 5.01 Å². The normalized spacial score (nSPS) is 11.0. The Morgan fingerprint density at radius 3 is 2.57 bits per heavy atom. The predicted octanol–water partition coefficient (Wildman–Crippen LogP) is 3.26. The van der Waals surface area contributed by atoms with Crippen LogP contribution >= 0.6 is 23.2 Å². The summed E-state index contributed by atoms with van der Waals surface area (Å²) in [4.78, 5) is -0.236. The smallest absolute Gasteiger partial charge is 0.340 e. The third kappa shape index (κ3) is 5.75. The van der Waals surface area contributed by atoms with Gasteiger partial charge in [0.1, 0.15) is 23.0 Å². The Bertz CT molecular complexity index is 999. The van der Waals surface area contributed by atoms with Gasteiger partial charge in [0.2, 0.25) is 5.96 Å². The quantitative estimate of drug-likeness (QED) is 0.279. The van der Waals surface area contributed by atoms with Gasteiger partial charge in [-0.2, -0.15) is 13.5 Å². The second-order valence-corrected chi connectivity index (χ2v) is 7.95. The lowest BCUT2D eigenvalue weighted by Crippen LogP contribution is -2.34. The van der Waals surface area contributed by atoms with Crippen LogP contribution in [-0.4, -0.2) is 39.3 Å². The summed E-state index contributed by atoms with van der Waals surface area (Å²) in [5, 5.41) is 12.3. The molecule has 0 aliphatic rings. The summed E-state index contributed by atoms with van der Waals surface area (Å²) in [5.74, 6) is 0.155. The molecule has 0 radical (unpaired) electrons. The molecule has 3 N–H and O–H groups in total. The Labute approximate surface area is 173 Å². The molecular weight excluding hydrogens is 427 g/mol. The van der Waals surface area contributed by atoms with Gasteiger partial charge in [-0.05, 0) is 42.8 Å². The van der Waals surface area contributed by atoms with Gasteiger partial charge in [0.05, 0.1) is 11.6 Å². The summed E-state index contributed by atoms with van der Waals surface area (Å²) in [6.07, 6.45) is 0. The summed E-state index contributed by atoms with van der Waals surface area (Å²) in [6, 6.07) is 8.72. The fourth-order valence-electron chi connectivity index (χ4n) is 2.20. The molecule has 2 rings (SSSR count). The van der Waals surface area contributed by atoms with E-state index in [0.29, 0.717) is 11.3 Å². The molecule has 0 unspecified atom stereocenters. The van der Waals surface area contributed by atoms with E-state index in [9.17, 15) is 8.42 Å². The van der Waals surface area contributed by atoms with Gasteiger partial charge in [-0.1, -0.05) is 23.2 Å². The van der Waals surface area contributed by atoms with Gasteiger partial charge >= 0.3 is 10.1 Å². The van der Waals surface area contributed by atoms with E-state index in [2.05, 4.69) is 11.8 Å². The third-order valence-electron chi connectivity index (χ3n) is 3.41. The minimum atomic E-state index is -4.20. The fourth-order valence-corrected chi connectivity index (χ4v) is 3.86. The zero-order chi connectivity index (χ0) is 20.9. The van der Waals surface area contributed by atoms with Crippen LogP contribution in [0.4, 0.5) is 0 Å². The molecule has 0 heterocycles. The van der Waals surface area contributed by atoms with Crippen molar-refractivity contribution in [1.82, 2.24) is 5.01 Å². The van der Waals surface area contributed by atoms with Crippen molar-refractivity contribution in [2.75, 3.05) is 13.2 Å². The van der Waals surface area contributed by atoms with Crippen molar-refractivity contribution >= 4 is 46.0 Å². The van der Waals surface area contributed by atoms with E-state index in [1.54, 1.807) is 13.0 Å². The molecule has 0 amide bonds. The Morgan fingerprint density at radius 1 is 1.25 bits per heavy atom. The summed E-state index contributed by atoms with van der Waals surface area (Å²) < 4.78 is 35.8. The number of aryl methyl sites for hydroxylation is 1. The minimum Gasteiger partial charge on any atom is -0.492 e. The Kier molecular flexibility index (Phi) is 7.11. The second kappa shape index (κ2) is 9.13. The Morgan fingerprint density at radius 2 is 1.93 bits per heavy atom. The summed E-state index contributed by atoms with van der Waals surface area (Å²) in [6.45, 7) is 5.39. The number of rotatable bonds is 8. The summed E-state index contributed by atoms with van der Waals surface area (Å²) in [7, 11) is -4.20. The van der Waals surface area contributed by atoms with Crippen molar-refractivity contribution in [3.63, 3.8) is 0 Å². The van der Waals surface area contributed by atoms with Crippen LogP contribution in [0.5, 0.6) is 11.5 Å². The van der Waals surface area contributed by atoms with Gasteiger partial charge in [0.15, 0.2) is 0 Å². The monoisotopic (exact) mass is 444 g/mol. The van der Waals surface area contributed by atoms with Crippen LogP contribution < -0.4 is 14.7 Å². The van der Waals surface area contributed by atoms with Gasteiger partial charge in [0.25, 0.3) is 0 Å². The zero-order valence-electron chi connectivity index (χ0n) is 14.9. The standard InChI is InChI=1S/C17H18Cl2N4O4S/c1-11-7-13(26-6-5-23(22-2)17(20)21)10-14(8-11)27-28(24,25)16-9-12(18)3-4-15(16)19/h3-4,7-10H,2,5-6H2,1H3,(H3,20,21). The number of hydrogen-bond donors (Lipinski definition) is 2. The first kappa shape index (κ1) is 21.8. The van der Waals surface area contributed by atoms with E-state index < -0.39 is 10.1 Å². The molecule has 8 nitrogen and oxygen atoms in total. The molecule has 2 aromatic carbocycles. The lowest BCUT2D eigenvalue weighted by Gasteiger charge is -2.16. The Hall–Kier alpha value is -2.49. The SMILES string of the molecule is C=NN(CCOc1cc(C)cc(OS(=O)(=O)c2cc(Cl)ccc2Cl)c1)C(=N)N. The maximum Gasteiger partial charge on any atom is 0.340 e. The van der Waals surface area contributed by atoms with E-state index in [4.69, 9.17) is 43.3 Å². The molecule has 0 saturated heterocycles. The molecule has 0 spiro atoms. The maximum absolute atomic E-state index is 12.5. The molecule has 0 aliphatic carbocycles. The highest BCUT2D eigenvalue weighted by atomic mass is 35.5. The molecule has 0 aliphatic heterocycles. The maximum atomic E-state index is 12.5. The number of nitrogens with one attached hydrogen (secondary N) is 1. The van der Waals surface area contributed by atoms with Crippen molar-refractivity contribution in [3.8, 4) is 11.5 Å². The van der Waals surface area contributed by atoms with Gasteiger partial charge in [0, 0.05) is 17.8 Å². The van der Waals surface area contributed by atoms with Crippen LogP contribution in [-0.2, 0) is 10.1 Å². The summed E-state index contributed by atoms with van der Waals surface area (Å²) in [5.41, 5.74) is 6.05. The van der Waals surface area contributed by atoms with Crippen LogP contribution in [0.3, 0.4) is 0 Å². The topological polar surface area (TPSA) is 118 Å². The number of halogens is 2. The molecule has 150 valence electrons. The largest absolute Gasteiger partial charge is 0.492 e. The lowest BCUT2D eigenvalue weighted by atomic mass is 10.2. The fraction of sp³-hybridized carbons (Fsp3) is 0.176. The number of guanidine groups is 1. The number of nitrogens with two attached hydrogens (primary N) is 1. The van der Waals surface area contributed by atoms with Gasteiger partial charge in [-0.3, -0.25) is 5.41 Å².